The minimum atomic E-state index is 0.0990. The van der Waals surface area contributed by atoms with Gasteiger partial charge in [-0.2, -0.15) is 0 Å². The number of aromatic nitrogens is 1. The van der Waals surface area contributed by atoms with Crippen LogP contribution in [0, 0.1) is 5.92 Å². The molecule has 2 aromatic rings. The lowest BCUT2D eigenvalue weighted by Gasteiger charge is -2.30. The van der Waals surface area contributed by atoms with Crippen LogP contribution in [0.1, 0.15) is 37.3 Å². The third kappa shape index (κ3) is 3.49. The predicted octanol–water partition coefficient (Wildman–Crippen LogP) is 3.76. The molecule has 1 aromatic heterocycles. The second-order valence-corrected chi connectivity index (χ2v) is 7.04. The van der Waals surface area contributed by atoms with Gasteiger partial charge in [0.2, 0.25) is 0 Å². The van der Waals surface area contributed by atoms with Gasteiger partial charge in [-0.1, -0.05) is 13.8 Å². The quantitative estimate of drug-likeness (QED) is 0.767. The van der Waals surface area contributed by atoms with Gasteiger partial charge in [-0.05, 0) is 36.0 Å². The molecule has 5 heteroatoms. The smallest absolute Gasteiger partial charge is 0.185 e. The molecule has 0 radical (unpaired) electrons. The summed E-state index contributed by atoms with van der Waals surface area (Å²) in [5, 5.41) is 0. The summed E-state index contributed by atoms with van der Waals surface area (Å²) in [5.41, 5.74) is 4.09. The number of rotatable bonds is 7. The molecule has 1 aliphatic rings. The Morgan fingerprint density at radius 2 is 2.00 bits per heavy atom. The lowest BCUT2D eigenvalue weighted by atomic mass is 9.75. The molecular formula is C21H27NO4. The van der Waals surface area contributed by atoms with Gasteiger partial charge in [-0.15, -0.1) is 0 Å². The summed E-state index contributed by atoms with van der Waals surface area (Å²) in [6, 6.07) is 5.65. The predicted molar refractivity (Wildman–Crippen MR) is 102 cm³/mol. The third-order valence-electron chi connectivity index (χ3n) is 5.02. The van der Waals surface area contributed by atoms with E-state index in [-0.39, 0.29) is 11.3 Å². The average Bonchev–Trinajstić information content (AvgIpc) is 2.64. The number of ether oxygens (including phenoxy) is 3. The maximum atomic E-state index is 12.5. The van der Waals surface area contributed by atoms with Gasteiger partial charge in [0.25, 0.3) is 0 Å². The molecular weight excluding hydrogens is 330 g/mol. The Bertz CT molecular complexity index is 825. The Morgan fingerprint density at radius 1 is 1.19 bits per heavy atom. The third-order valence-corrected chi connectivity index (χ3v) is 5.02. The van der Waals surface area contributed by atoms with Crippen LogP contribution in [-0.2, 0) is 11.2 Å². The molecule has 26 heavy (non-hydrogen) atoms. The van der Waals surface area contributed by atoms with Crippen molar-refractivity contribution in [1.82, 2.24) is 4.98 Å². The van der Waals surface area contributed by atoms with Crippen LogP contribution >= 0.6 is 0 Å². The van der Waals surface area contributed by atoms with E-state index in [9.17, 15) is 4.79 Å². The van der Waals surface area contributed by atoms with E-state index in [0.29, 0.717) is 24.9 Å². The Kier molecular flexibility index (Phi) is 5.67. The molecule has 0 aliphatic heterocycles. The first kappa shape index (κ1) is 18.5. The van der Waals surface area contributed by atoms with E-state index >= 15 is 0 Å². The Hall–Kier alpha value is -2.27. The highest BCUT2D eigenvalue weighted by atomic mass is 16.5. The molecule has 5 nitrogen and oxygen atoms in total. The van der Waals surface area contributed by atoms with E-state index < -0.39 is 0 Å². The van der Waals surface area contributed by atoms with E-state index in [2.05, 4.69) is 24.9 Å². The van der Waals surface area contributed by atoms with Gasteiger partial charge in [0.1, 0.15) is 0 Å². The van der Waals surface area contributed by atoms with Crippen LogP contribution in [0.25, 0.3) is 11.3 Å². The van der Waals surface area contributed by atoms with Crippen LogP contribution in [0.5, 0.6) is 11.5 Å². The monoisotopic (exact) mass is 357 g/mol. The number of aromatic amines is 1. The fourth-order valence-corrected chi connectivity index (χ4v) is 3.65. The maximum Gasteiger partial charge on any atom is 0.185 e. The standard InChI is InChI=1S/C21H27NO4/c1-13(2)15-10-14-11-19(26-9-5-8-24-3)18(25-4)12-16(14)21-20(15)17(23)6-7-22-21/h6-7,11-13,15H,5,8-10H2,1-4H3,(H,22,23). The minimum Gasteiger partial charge on any atom is -0.493 e. The molecule has 1 aromatic carbocycles. The lowest BCUT2D eigenvalue weighted by Crippen LogP contribution is -2.24. The van der Waals surface area contributed by atoms with E-state index in [1.807, 2.05) is 6.07 Å². The largest absolute Gasteiger partial charge is 0.493 e. The van der Waals surface area contributed by atoms with Gasteiger partial charge in [-0.3, -0.25) is 4.79 Å². The number of fused-ring (bicyclic) bond motifs is 3. The van der Waals surface area contributed by atoms with Gasteiger partial charge in [0.15, 0.2) is 16.9 Å². The fraction of sp³-hybridized carbons (Fsp3) is 0.476. The summed E-state index contributed by atoms with van der Waals surface area (Å²) in [4.78, 5) is 15.8. The van der Waals surface area contributed by atoms with E-state index in [1.165, 1.54) is 5.56 Å². The first-order valence-corrected chi connectivity index (χ1v) is 9.11. The van der Waals surface area contributed by atoms with Crippen molar-refractivity contribution >= 4 is 0 Å². The molecule has 0 amide bonds. The highest BCUT2D eigenvalue weighted by Gasteiger charge is 2.30. The summed E-state index contributed by atoms with van der Waals surface area (Å²) in [6.45, 7) is 5.57. The summed E-state index contributed by atoms with van der Waals surface area (Å²) in [7, 11) is 3.32. The fourth-order valence-electron chi connectivity index (χ4n) is 3.65. The van der Waals surface area contributed by atoms with Crippen LogP contribution in [0.2, 0.25) is 0 Å². The van der Waals surface area contributed by atoms with Crippen molar-refractivity contribution in [2.45, 2.75) is 32.6 Å². The summed E-state index contributed by atoms with van der Waals surface area (Å²) in [5.74, 6) is 1.99. The number of pyridine rings is 1. The van der Waals surface area contributed by atoms with Crippen LogP contribution in [0.3, 0.4) is 0 Å². The molecule has 0 saturated heterocycles. The second-order valence-electron chi connectivity index (χ2n) is 7.04. The van der Waals surface area contributed by atoms with E-state index in [4.69, 9.17) is 14.2 Å². The van der Waals surface area contributed by atoms with Crippen LogP contribution in [-0.4, -0.2) is 32.4 Å². The molecule has 3 rings (SSSR count). The second kappa shape index (κ2) is 7.96. The topological polar surface area (TPSA) is 60.6 Å². The zero-order chi connectivity index (χ0) is 18.7. The number of hydrogen-bond donors (Lipinski definition) is 1. The number of methoxy groups -OCH3 is 2. The van der Waals surface area contributed by atoms with Gasteiger partial charge >= 0.3 is 0 Å². The van der Waals surface area contributed by atoms with E-state index in [0.717, 1.165) is 35.4 Å². The zero-order valence-corrected chi connectivity index (χ0v) is 15.9. The SMILES string of the molecule is COCCCOc1cc2c(cc1OC)-c1[nH]ccc(=O)c1C(C(C)C)C2. The Labute approximate surface area is 154 Å². The lowest BCUT2D eigenvalue weighted by molar-refractivity contribution is 0.170. The van der Waals surface area contributed by atoms with Crippen LogP contribution in [0.15, 0.2) is 29.2 Å². The zero-order valence-electron chi connectivity index (χ0n) is 15.9. The summed E-state index contributed by atoms with van der Waals surface area (Å²) < 4.78 is 16.5. The number of nitrogens with one attached hydrogen (secondary N) is 1. The minimum absolute atomic E-state index is 0.0990. The van der Waals surface area contributed by atoms with E-state index in [1.54, 1.807) is 26.5 Å². The summed E-state index contributed by atoms with van der Waals surface area (Å²) >= 11 is 0. The number of H-pyrrole nitrogens is 1. The van der Waals surface area contributed by atoms with Gasteiger partial charge in [-0.25, -0.2) is 0 Å². The number of hydrogen-bond acceptors (Lipinski definition) is 4. The molecule has 1 atom stereocenters. The first-order valence-electron chi connectivity index (χ1n) is 9.11. The van der Waals surface area contributed by atoms with Crippen molar-refractivity contribution in [2.24, 2.45) is 5.92 Å². The molecule has 0 saturated carbocycles. The van der Waals surface area contributed by atoms with Gasteiger partial charge in [0.05, 0.1) is 19.4 Å². The molecule has 140 valence electrons. The average molecular weight is 357 g/mol. The molecule has 0 spiro atoms. The van der Waals surface area contributed by atoms with Crippen molar-refractivity contribution in [3.05, 3.63) is 45.7 Å². The molecule has 0 fully saturated rings. The molecule has 0 bridgehead atoms. The number of benzene rings is 1. The van der Waals surface area contributed by atoms with Gasteiger partial charge in [0, 0.05) is 43.5 Å². The van der Waals surface area contributed by atoms with Gasteiger partial charge < -0.3 is 19.2 Å². The molecule has 1 heterocycles. The van der Waals surface area contributed by atoms with Crippen molar-refractivity contribution in [3.63, 3.8) is 0 Å². The highest BCUT2D eigenvalue weighted by Crippen LogP contribution is 2.44. The Morgan fingerprint density at radius 3 is 2.69 bits per heavy atom. The van der Waals surface area contributed by atoms with Crippen molar-refractivity contribution in [1.29, 1.82) is 0 Å². The van der Waals surface area contributed by atoms with Crippen molar-refractivity contribution < 1.29 is 14.2 Å². The molecule has 1 aliphatic carbocycles. The first-order chi connectivity index (χ1) is 12.6. The normalized spacial score (nSPS) is 15.5. The summed E-state index contributed by atoms with van der Waals surface area (Å²) in [6.07, 6.45) is 3.36. The maximum absolute atomic E-state index is 12.5. The molecule has 1 unspecified atom stereocenters. The van der Waals surface area contributed by atoms with Crippen LogP contribution in [0.4, 0.5) is 0 Å². The Balaban J connectivity index is 2.04. The van der Waals surface area contributed by atoms with Crippen LogP contribution < -0.4 is 14.9 Å². The van der Waals surface area contributed by atoms with Crippen molar-refractivity contribution in [3.8, 4) is 22.8 Å². The highest BCUT2D eigenvalue weighted by molar-refractivity contribution is 5.74. The molecule has 1 N–H and O–H groups in total. The van der Waals surface area contributed by atoms with Crippen molar-refractivity contribution in [2.75, 3.05) is 27.4 Å².